The number of pyridine rings is 1. The maximum Gasteiger partial charge on any atom is 0.180 e. The van der Waals surface area contributed by atoms with Crippen LogP contribution in [0.15, 0.2) is 97.1 Å². The number of aryl methyl sites for hydroxylation is 1. The van der Waals surface area contributed by atoms with Crippen molar-refractivity contribution in [2.45, 2.75) is 26.2 Å². The molecule has 0 aliphatic heterocycles. The number of fused-ring (bicyclic) bond motifs is 5. The molecule has 0 bridgehead atoms. The van der Waals surface area contributed by atoms with Crippen molar-refractivity contribution in [3.05, 3.63) is 159 Å². The SMILES string of the molecule is CC/C(=C\C1=C(N)c2ncc(-c3cccc4ncncc34)cc2CC1)c1ccc2c(c1)/C(=C(\C=N)c1c(F)c(F)c(C#N)c(F)c1F)c1ccccc1-2. The average molecular weight is 705 g/mol. The van der Waals surface area contributed by atoms with Gasteiger partial charge in [0, 0.05) is 35.1 Å². The van der Waals surface area contributed by atoms with Crippen LogP contribution in [0, 0.1) is 40.0 Å². The predicted octanol–water partition coefficient (Wildman–Crippen LogP) is 9.82. The minimum absolute atomic E-state index is 0.243. The van der Waals surface area contributed by atoms with Crippen LogP contribution in [-0.4, -0.2) is 21.2 Å². The summed E-state index contributed by atoms with van der Waals surface area (Å²) in [4.78, 5) is 13.4. The van der Waals surface area contributed by atoms with Crippen LogP contribution in [0.5, 0.6) is 0 Å². The molecule has 3 N–H and O–H groups in total. The number of halogens is 4. The summed E-state index contributed by atoms with van der Waals surface area (Å²) in [7, 11) is 0. The number of allylic oxidation sites excluding steroid dienone is 4. The molecule has 8 rings (SSSR count). The third-order valence-corrected chi connectivity index (χ3v) is 10.0. The second kappa shape index (κ2) is 13.1. The first-order valence-corrected chi connectivity index (χ1v) is 16.9. The molecule has 258 valence electrons. The van der Waals surface area contributed by atoms with E-state index in [1.54, 1.807) is 18.3 Å². The number of aromatic nitrogens is 3. The summed E-state index contributed by atoms with van der Waals surface area (Å²) in [6, 6.07) is 22.0. The summed E-state index contributed by atoms with van der Waals surface area (Å²) >= 11 is 0. The van der Waals surface area contributed by atoms with Gasteiger partial charge in [-0.2, -0.15) is 5.26 Å². The third kappa shape index (κ3) is 5.32. The molecule has 0 saturated heterocycles. The first-order chi connectivity index (χ1) is 25.7. The molecule has 0 saturated carbocycles. The molecule has 0 spiro atoms. The largest absolute Gasteiger partial charge is 0.397 e. The molecule has 10 heteroatoms. The molecule has 2 aromatic heterocycles. The van der Waals surface area contributed by atoms with Crippen molar-refractivity contribution in [1.29, 1.82) is 10.7 Å². The highest BCUT2D eigenvalue weighted by atomic mass is 19.2. The van der Waals surface area contributed by atoms with Gasteiger partial charge < -0.3 is 11.1 Å². The monoisotopic (exact) mass is 704 g/mol. The zero-order chi connectivity index (χ0) is 37.0. The molecule has 2 aliphatic rings. The molecule has 0 unspecified atom stereocenters. The molecule has 0 atom stereocenters. The Morgan fingerprint density at radius 2 is 1.58 bits per heavy atom. The normalized spacial score (nSPS) is 14.5. The fourth-order valence-corrected chi connectivity index (χ4v) is 7.45. The number of rotatable bonds is 6. The highest BCUT2D eigenvalue weighted by Gasteiger charge is 2.32. The molecule has 2 heterocycles. The second-order valence-electron chi connectivity index (χ2n) is 12.8. The zero-order valence-corrected chi connectivity index (χ0v) is 28.2. The second-order valence-corrected chi connectivity index (χ2v) is 12.8. The summed E-state index contributed by atoms with van der Waals surface area (Å²) in [6.45, 7) is 2.01. The molecule has 6 nitrogen and oxygen atoms in total. The van der Waals surface area contributed by atoms with E-state index in [2.05, 4.69) is 16.0 Å². The fraction of sp³-hybridized carbons (Fsp3) is 0.0930. The van der Waals surface area contributed by atoms with Crippen molar-refractivity contribution >= 4 is 39.5 Å². The zero-order valence-electron chi connectivity index (χ0n) is 28.2. The van der Waals surface area contributed by atoms with Crippen LogP contribution in [0.25, 0.3) is 55.6 Å². The molecular weight excluding hydrogens is 677 g/mol. The molecule has 6 aromatic rings. The van der Waals surface area contributed by atoms with E-state index in [0.717, 1.165) is 61.1 Å². The first kappa shape index (κ1) is 33.4. The van der Waals surface area contributed by atoms with Gasteiger partial charge >= 0.3 is 0 Å². The van der Waals surface area contributed by atoms with Gasteiger partial charge in [-0.3, -0.25) is 4.98 Å². The van der Waals surface area contributed by atoms with Crippen LogP contribution in [0.3, 0.4) is 0 Å². The van der Waals surface area contributed by atoms with E-state index in [9.17, 15) is 8.78 Å². The van der Waals surface area contributed by atoms with Gasteiger partial charge in [0.25, 0.3) is 0 Å². The Hall–Kier alpha value is -6.73. The van der Waals surface area contributed by atoms with Crippen LogP contribution in [0.1, 0.15) is 58.8 Å². The maximum atomic E-state index is 15.5. The average Bonchev–Trinajstić information content (AvgIpc) is 3.51. The van der Waals surface area contributed by atoms with Crippen LogP contribution in [-0.2, 0) is 6.42 Å². The maximum absolute atomic E-state index is 15.5. The van der Waals surface area contributed by atoms with Gasteiger partial charge in [0.15, 0.2) is 23.3 Å². The quantitative estimate of drug-likeness (QED) is 0.102. The van der Waals surface area contributed by atoms with Gasteiger partial charge in [-0.1, -0.05) is 61.5 Å². The highest BCUT2D eigenvalue weighted by Crippen LogP contribution is 2.49. The van der Waals surface area contributed by atoms with E-state index in [-0.39, 0.29) is 11.1 Å². The first-order valence-electron chi connectivity index (χ1n) is 16.9. The standard InChI is InChI=1S/C43H28F4N6/c1-2-22(14-24-10-11-25-15-26(19-52-43(25)42(24)50)27-8-5-9-35-34(27)20-51-21-53-35)23-12-13-29-28-6-3-4-7-30(28)36(31(29)16-23)32(17-48)37-40(46)38(44)33(18-49)39(45)41(37)47/h3-9,12-17,19-21,48H,2,10-11,50H2,1H3/b22-14+,36-32+,48-17?. The number of benzene rings is 4. The molecule has 4 aromatic carbocycles. The van der Waals surface area contributed by atoms with E-state index >= 15 is 8.78 Å². The van der Waals surface area contributed by atoms with E-state index in [4.69, 9.17) is 21.4 Å². The van der Waals surface area contributed by atoms with Crippen molar-refractivity contribution < 1.29 is 17.6 Å². The smallest absolute Gasteiger partial charge is 0.180 e. The number of nitrogens with two attached hydrogens (primary N) is 1. The Morgan fingerprint density at radius 1 is 0.849 bits per heavy atom. The van der Waals surface area contributed by atoms with Gasteiger partial charge in [-0.25, -0.2) is 27.5 Å². The molecule has 0 radical (unpaired) electrons. The number of nitrogens with one attached hydrogen (secondary N) is 1. The molecular formula is C43H28F4N6. The molecule has 0 amide bonds. The number of nitrogens with zero attached hydrogens (tertiary/aromatic N) is 4. The Bertz CT molecular complexity index is 2670. The lowest BCUT2D eigenvalue weighted by Crippen LogP contribution is -2.12. The molecule has 53 heavy (non-hydrogen) atoms. The van der Waals surface area contributed by atoms with Gasteiger partial charge in [-0.15, -0.1) is 0 Å². The van der Waals surface area contributed by atoms with E-state index < -0.39 is 34.4 Å². The molecule has 0 fully saturated rings. The van der Waals surface area contributed by atoms with Crippen molar-refractivity contribution in [3.8, 4) is 28.3 Å². The minimum atomic E-state index is -1.81. The Balaban J connectivity index is 1.23. The van der Waals surface area contributed by atoms with Crippen LogP contribution in [0.2, 0.25) is 0 Å². The van der Waals surface area contributed by atoms with E-state index in [1.165, 1.54) is 12.4 Å². The Kier molecular flexibility index (Phi) is 8.26. The third-order valence-electron chi connectivity index (χ3n) is 10.0. The van der Waals surface area contributed by atoms with Crippen molar-refractivity contribution in [2.24, 2.45) is 5.73 Å². The Morgan fingerprint density at radius 3 is 2.32 bits per heavy atom. The summed E-state index contributed by atoms with van der Waals surface area (Å²) in [6.07, 6.45) is 9.86. The van der Waals surface area contributed by atoms with Crippen molar-refractivity contribution in [3.63, 3.8) is 0 Å². The van der Waals surface area contributed by atoms with Gasteiger partial charge in [-0.05, 0) is 93.1 Å². The van der Waals surface area contributed by atoms with Crippen molar-refractivity contribution in [2.75, 3.05) is 0 Å². The number of hydrogen-bond donors (Lipinski definition) is 2. The topological polar surface area (TPSA) is 112 Å². The lowest BCUT2D eigenvalue weighted by atomic mass is 9.88. The van der Waals surface area contributed by atoms with Gasteiger partial charge in [0.1, 0.15) is 18.0 Å². The van der Waals surface area contributed by atoms with Crippen LogP contribution >= 0.6 is 0 Å². The summed E-state index contributed by atoms with van der Waals surface area (Å²) in [5, 5.41) is 18.3. The lowest BCUT2D eigenvalue weighted by molar-refractivity contribution is 0.447. The number of hydrogen-bond acceptors (Lipinski definition) is 6. The van der Waals surface area contributed by atoms with Crippen molar-refractivity contribution in [1.82, 2.24) is 15.0 Å². The Labute approximate surface area is 301 Å². The van der Waals surface area contributed by atoms with Gasteiger partial charge in [0.2, 0.25) is 0 Å². The summed E-state index contributed by atoms with van der Waals surface area (Å²) in [5.41, 5.74) is 14.5. The van der Waals surface area contributed by atoms with E-state index in [0.29, 0.717) is 42.3 Å². The number of nitriles is 1. The van der Waals surface area contributed by atoms with Gasteiger partial charge in [0.05, 0.1) is 22.5 Å². The van der Waals surface area contributed by atoms with Crippen LogP contribution in [0.4, 0.5) is 17.6 Å². The fourth-order valence-electron chi connectivity index (χ4n) is 7.45. The summed E-state index contributed by atoms with van der Waals surface area (Å²) < 4.78 is 60.6. The highest BCUT2D eigenvalue weighted by molar-refractivity contribution is 6.25. The van der Waals surface area contributed by atoms with Crippen LogP contribution < -0.4 is 5.73 Å². The summed E-state index contributed by atoms with van der Waals surface area (Å²) in [5.74, 6) is -7.11. The lowest BCUT2D eigenvalue weighted by Gasteiger charge is -2.20. The predicted molar refractivity (Wildman–Crippen MR) is 198 cm³/mol. The molecule has 2 aliphatic carbocycles. The minimum Gasteiger partial charge on any atom is -0.397 e. The van der Waals surface area contributed by atoms with E-state index in [1.807, 2.05) is 67.7 Å².